The second-order valence-corrected chi connectivity index (χ2v) is 14.3. The quantitative estimate of drug-likeness (QED) is 0.471. The first-order valence-electron chi connectivity index (χ1n) is 11.4. The zero-order valence-corrected chi connectivity index (χ0v) is 20.7. The third-order valence-electron chi connectivity index (χ3n) is 6.19. The second kappa shape index (κ2) is 8.95. The van der Waals surface area contributed by atoms with Crippen LogP contribution in [0.1, 0.15) is 46.3 Å². The molecule has 0 saturated carbocycles. The van der Waals surface area contributed by atoms with Crippen LogP contribution in [-0.4, -0.2) is 26.8 Å². The molecule has 3 nitrogen and oxygen atoms in total. The van der Waals surface area contributed by atoms with E-state index in [4.69, 9.17) is 13.9 Å². The molecule has 3 aromatic carbocycles. The van der Waals surface area contributed by atoms with E-state index in [1.165, 1.54) is 10.4 Å². The Morgan fingerprint density at radius 1 is 0.750 bits per heavy atom. The third-order valence-corrected chi connectivity index (χ3v) is 11.2. The first-order valence-corrected chi connectivity index (χ1v) is 13.3. The Bertz CT molecular complexity index is 958. The fraction of sp³-hybridized carbons (Fsp3) is 0.357. The molecule has 0 aliphatic carbocycles. The van der Waals surface area contributed by atoms with Crippen LogP contribution in [0, 0.1) is 0 Å². The van der Waals surface area contributed by atoms with Crippen molar-refractivity contribution < 1.29 is 13.9 Å². The molecule has 0 aromatic heterocycles. The summed E-state index contributed by atoms with van der Waals surface area (Å²) < 4.78 is 19.8. The van der Waals surface area contributed by atoms with Gasteiger partial charge in [-0.15, -0.1) is 0 Å². The number of ether oxygens (including phenoxy) is 2. The summed E-state index contributed by atoms with van der Waals surface area (Å²) in [6, 6.07) is 31.8. The maximum absolute atomic E-state index is 7.13. The monoisotopic (exact) mass is 446 g/mol. The zero-order chi connectivity index (χ0) is 22.8. The predicted molar refractivity (Wildman–Crippen MR) is 133 cm³/mol. The van der Waals surface area contributed by atoms with Gasteiger partial charge in [-0.05, 0) is 34.8 Å². The van der Waals surface area contributed by atoms with Crippen molar-refractivity contribution in [3.63, 3.8) is 0 Å². The largest absolute Gasteiger partial charge is 0.405 e. The molecule has 168 valence electrons. The second-order valence-electron chi connectivity index (χ2n) is 9.98. The summed E-state index contributed by atoms with van der Waals surface area (Å²) in [5.41, 5.74) is 1.12. The van der Waals surface area contributed by atoms with Crippen LogP contribution >= 0.6 is 0 Å². The number of rotatable bonds is 6. The lowest BCUT2D eigenvalue weighted by atomic mass is 10.1. The first-order chi connectivity index (χ1) is 15.2. The predicted octanol–water partition coefficient (Wildman–Crippen LogP) is 5.46. The van der Waals surface area contributed by atoms with Crippen molar-refractivity contribution in [2.24, 2.45) is 0 Å². The van der Waals surface area contributed by atoms with E-state index in [0.717, 1.165) is 5.56 Å². The highest BCUT2D eigenvalue weighted by molar-refractivity contribution is 6.99. The van der Waals surface area contributed by atoms with Crippen LogP contribution in [-0.2, 0) is 13.9 Å². The van der Waals surface area contributed by atoms with Crippen LogP contribution in [0.25, 0.3) is 0 Å². The van der Waals surface area contributed by atoms with Gasteiger partial charge in [0.1, 0.15) is 12.2 Å². The summed E-state index contributed by atoms with van der Waals surface area (Å²) in [4.78, 5) is 0. The molecule has 2 atom stereocenters. The fourth-order valence-electron chi connectivity index (χ4n) is 4.85. The van der Waals surface area contributed by atoms with Gasteiger partial charge in [0.05, 0.1) is 6.61 Å². The molecule has 3 aromatic rings. The first kappa shape index (κ1) is 22.9. The summed E-state index contributed by atoms with van der Waals surface area (Å²) >= 11 is 0. The molecule has 4 rings (SSSR count). The van der Waals surface area contributed by atoms with Crippen LogP contribution in [0.4, 0.5) is 0 Å². The lowest BCUT2D eigenvalue weighted by molar-refractivity contribution is -0.149. The fourth-order valence-corrected chi connectivity index (χ4v) is 9.42. The van der Waals surface area contributed by atoms with Gasteiger partial charge in [-0.2, -0.15) is 0 Å². The minimum atomic E-state index is -2.63. The molecule has 0 spiro atoms. The molecule has 0 amide bonds. The Labute approximate surface area is 193 Å². The average Bonchev–Trinajstić information content (AvgIpc) is 3.10. The molecule has 0 bridgehead atoms. The van der Waals surface area contributed by atoms with Gasteiger partial charge < -0.3 is 13.9 Å². The molecule has 1 saturated heterocycles. The SMILES string of the molecule is CC1(C)O[C@@H](CO[Si](c2ccccc2)(c2ccccc2)C(C)(C)C)[C@@H](c2ccccc2)O1. The van der Waals surface area contributed by atoms with E-state index in [2.05, 4.69) is 93.6 Å². The van der Waals surface area contributed by atoms with Crippen LogP contribution < -0.4 is 10.4 Å². The van der Waals surface area contributed by atoms with Crippen LogP contribution in [0.2, 0.25) is 5.04 Å². The summed E-state index contributed by atoms with van der Waals surface area (Å²) in [5, 5.41) is 2.47. The number of benzene rings is 3. The molecule has 1 fully saturated rings. The van der Waals surface area contributed by atoms with Crippen molar-refractivity contribution in [1.82, 2.24) is 0 Å². The lowest BCUT2D eigenvalue weighted by Crippen LogP contribution is -2.67. The summed E-state index contributed by atoms with van der Waals surface area (Å²) in [5.74, 6) is -0.653. The molecule has 32 heavy (non-hydrogen) atoms. The molecule has 0 N–H and O–H groups in total. The van der Waals surface area contributed by atoms with Crippen molar-refractivity contribution in [2.45, 2.75) is 57.7 Å². The van der Waals surface area contributed by atoms with Crippen molar-refractivity contribution in [2.75, 3.05) is 6.61 Å². The van der Waals surface area contributed by atoms with Gasteiger partial charge >= 0.3 is 0 Å². The Morgan fingerprint density at radius 2 is 1.22 bits per heavy atom. The standard InChI is InChI=1S/C28H34O3Si/c1-27(2,3)32(23-17-11-7-12-18-23,24-19-13-8-14-20-24)29-21-25-26(31-28(4,5)30-25)22-15-9-6-10-16-22/h6-20,25-26H,21H2,1-5H3/t25-,26+/m0/s1. The molecule has 4 heteroatoms. The average molecular weight is 447 g/mol. The highest BCUT2D eigenvalue weighted by atomic mass is 28.4. The maximum Gasteiger partial charge on any atom is 0.261 e. The maximum atomic E-state index is 7.13. The number of hydrogen-bond acceptors (Lipinski definition) is 3. The van der Waals surface area contributed by atoms with Crippen LogP contribution in [0.3, 0.4) is 0 Å². The van der Waals surface area contributed by atoms with Crippen LogP contribution in [0.5, 0.6) is 0 Å². The van der Waals surface area contributed by atoms with Gasteiger partial charge in [0.15, 0.2) is 5.79 Å². The van der Waals surface area contributed by atoms with E-state index in [1.807, 2.05) is 32.0 Å². The van der Waals surface area contributed by atoms with Gasteiger partial charge in [0.2, 0.25) is 0 Å². The molecule has 1 aliphatic rings. The third kappa shape index (κ3) is 4.46. The smallest absolute Gasteiger partial charge is 0.261 e. The zero-order valence-electron chi connectivity index (χ0n) is 19.7. The molecule has 1 aliphatic heterocycles. The van der Waals surface area contributed by atoms with E-state index in [1.54, 1.807) is 0 Å². The lowest BCUT2D eigenvalue weighted by Gasteiger charge is -2.43. The van der Waals surface area contributed by atoms with Gasteiger partial charge in [-0.25, -0.2) is 0 Å². The summed E-state index contributed by atoms with van der Waals surface area (Å²) in [7, 11) is -2.63. The van der Waals surface area contributed by atoms with Crippen molar-refractivity contribution in [3.8, 4) is 0 Å². The summed E-state index contributed by atoms with van der Waals surface area (Å²) in [6.45, 7) is 11.3. The molecule has 0 unspecified atom stereocenters. The Kier molecular flexibility index (Phi) is 6.41. The van der Waals surface area contributed by atoms with E-state index in [-0.39, 0.29) is 17.2 Å². The van der Waals surface area contributed by atoms with Gasteiger partial charge in [-0.3, -0.25) is 0 Å². The Hall–Kier alpha value is -2.24. The minimum Gasteiger partial charge on any atom is -0.405 e. The molecular formula is C28H34O3Si. The minimum absolute atomic E-state index is 0.0765. The van der Waals surface area contributed by atoms with Crippen LogP contribution in [0.15, 0.2) is 91.0 Å². The van der Waals surface area contributed by atoms with E-state index < -0.39 is 14.1 Å². The van der Waals surface area contributed by atoms with Gasteiger partial charge in [0.25, 0.3) is 8.32 Å². The van der Waals surface area contributed by atoms with Crippen molar-refractivity contribution >= 4 is 18.7 Å². The highest BCUT2D eigenvalue weighted by Crippen LogP contribution is 2.41. The summed E-state index contributed by atoms with van der Waals surface area (Å²) in [6.07, 6.45) is -0.349. The van der Waals surface area contributed by atoms with Crippen molar-refractivity contribution in [3.05, 3.63) is 96.6 Å². The highest BCUT2D eigenvalue weighted by Gasteiger charge is 2.52. The molecule has 1 heterocycles. The molecule has 0 radical (unpaired) electrons. The van der Waals surface area contributed by atoms with Gasteiger partial charge in [0, 0.05) is 0 Å². The van der Waals surface area contributed by atoms with Crippen molar-refractivity contribution in [1.29, 1.82) is 0 Å². The van der Waals surface area contributed by atoms with E-state index >= 15 is 0 Å². The van der Waals surface area contributed by atoms with E-state index in [0.29, 0.717) is 6.61 Å². The number of hydrogen-bond donors (Lipinski definition) is 0. The van der Waals surface area contributed by atoms with Gasteiger partial charge in [-0.1, -0.05) is 112 Å². The van der Waals surface area contributed by atoms with E-state index in [9.17, 15) is 0 Å². The molecular weight excluding hydrogens is 412 g/mol. The normalized spacial score (nSPS) is 20.9. The Balaban J connectivity index is 1.73. The topological polar surface area (TPSA) is 27.7 Å². The Morgan fingerprint density at radius 3 is 1.69 bits per heavy atom.